The van der Waals surface area contributed by atoms with E-state index in [9.17, 15) is 0 Å². The summed E-state index contributed by atoms with van der Waals surface area (Å²) in [6.07, 6.45) is 0. The molecule has 3 rings (SSSR count). The fraction of sp³-hybridized carbons (Fsp3) is 0.182. The maximum atomic E-state index is 3.46. The van der Waals surface area contributed by atoms with Gasteiger partial charge in [0, 0.05) is 9.65 Å². The second-order valence-electron chi connectivity index (χ2n) is 3.51. The summed E-state index contributed by atoms with van der Waals surface area (Å²) in [4.78, 5) is 0. The lowest BCUT2D eigenvalue weighted by Crippen LogP contribution is -3.00. The van der Waals surface area contributed by atoms with Crippen molar-refractivity contribution in [1.82, 2.24) is 5.32 Å². The summed E-state index contributed by atoms with van der Waals surface area (Å²) < 4.78 is 4.50. The van der Waals surface area contributed by atoms with Crippen LogP contribution in [0.25, 0.3) is 0 Å². The predicted molar refractivity (Wildman–Crippen MR) is 72.8 cm³/mol. The molecule has 2 nitrogen and oxygen atoms in total. The lowest BCUT2D eigenvalue weighted by molar-refractivity contribution is -0.381. The lowest BCUT2D eigenvalue weighted by Gasteiger charge is -2.14. The minimum absolute atomic E-state index is 0. The Kier molecular flexibility index (Phi) is 4.17. The van der Waals surface area contributed by atoms with E-state index in [2.05, 4.69) is 60.8 Å². The van der Waals surface area contributed by atoms with E-state index in [0.717, 1.165) is 12.3 Å². The van der Waals surface area contributed by atoms with Crippen molar-refractivity contribution in [2.45, 2.75) is 6.54 Å². The Hall–Kier alpha value is 0.240. The second kappa shape index (κ2) is 5.26. The van der Waals surface area contributed by atoms with Gasteiger partial charge < -0.3 is 24.0 Å². The van der Waals surface area contributed by atoms with Crippen LogP contribution in [0.15, 0.2) is 34.0 Å². The van der Waals surface area contributed by atoms with Gasteiger partial charge in [0.15, 0.2) is 0 Å². The Labute approximate surface area is 130 Å². The van der Waals surface area contributed by atoms with Crippen LogP contribution in [-0.4, -0.2) is 15.5 Å². The Balaban J connectivity index is 0.000000963. The SMILES string of the molecule is IC=C1CSC2=[N+]1c1ccccc1CN2.[I-]. The quantitative estimate of drug-likeness (QED) is 0.431. The standard InChI is InChI=1S/C11H9IN2S.HI/c12-5-9-7-15-11-13-6-8-3-1-2-4-10(8)14(9)11;/h1-5H,6-7H2;1H. The van der Waals surface area contributed by atoms with Gasteiger partial charge in [-0.05, 0) is 40.4 Å². The lowest BCUT2D eigenvalue weighted by atomic mass is 10.1. The summed E-state index contributed by atoms with van der Waals surface area (Å²) in [7, 11) is 0. The van der Waals surface area contributed by atoms with Crippen LogP contribution in [-0.2, 0) is 6.54 Å². The number of fused-ring (bicyclic) bond motifs is 2. The summed E-state index contributed by atoms with van der Waals surface area (Å²) >= 11 is 4.20. The average molecular weight is 456 g/mol. The van der Waals surface area contributed by atoms with Gasteiger partial charge in [-0.15, -0.1) is 0 Å². The largest absolute Gasteiger partial charge is 1.00 e. The van der Waals surface area contributed by atoms with Crippen molar-refractivity contribution < 1.29 is 28.6 Å². The predicted octanol–water partition coefficient (Wildman–Crippen LogP) is -0.183. The van der Waals surface area contributed by atoms with E-state index in [4.69, 9.17) is 0 Å². The maximum absolute atomic E-state index is 3.46. The van der Waals surface area contributed by atoms with Crippen molar-refractivity contribution in [2.24, 2.45) is 0 Å². The molecule has 0 spiro atoms. The third-order valence-electron chi connectivity index (χ3n) is 2.64. The third kappa shape index (κ3) is 2.01. The van der Waals surface area contributed by atoms with Crippen LogP contribution in [0, 0.1) is 0 Å². The molecule has 2 aliphatic heterocycles. The number of hydrogen-bond acceptors (Lipinski definition) is 2. The van der Waals surface area contributed by atoms with Gasteiger partial charge in [-0.1, -0.05) is 18.2 Å². The molecule has 16 heavy (non-hydrogen) atoms. The molecular weight excluding hydrogens is 446 g/mol. The number of rotatable bonds is 0. The summed E-state index contributed by atoms with van der Waals surface area (Å²) in [5.41, 5.74) is 4.08. The van der Waals surface area contributed by atoms with E-state index in [1.807, 2.05) is 11.8 Å². The molecule has 2 aliphatic rings. The monoisotopic (exact) mass is 456 g/mol. The van der Waals surface area contributed by atoms with Crippen LogP contribution in [0.1, 0.15) is 5.56 Å². The molecule has 5 heteroatoms. The van der Waals surface area contributed by atoms with E-state index in [0.29, 0.717) is 0 Å². The fourth-order valence-corrected chi connectivity index (χ4v) is 3.74. The van der Waals surface area contributed by atoms with Gasteiger partial charge in [0.25, 0.3) is 0 Å². The van der Waals surface area contributed by atoms with Crippen LogP contribution >= 0.6 is 34.4 Å². The Morgan fingerprint density at radius 2 is 2.19 bits per heavy atom. The van der Waals surface area contributed by atoms with Gasteiger partial charge in [-0.25, -0.2) is 0 Å². The zero-order chi connectivity index (χ0) is 10.3. The Morgan fingerprint density at radius 1 is 1.38 bits per heavy atom. The number of para-hydroxylation sites is 1. The van der Waals surface area contributed by atoms with Gasteiger partial charge in [-0.2, -0.15) is 4.58 Å². The van der Waals surface area contributed by atoms with E-state index in [-0.39, 0.29) is 24.0 Å². The molecule has 0 bridgehead atoms. The normalized spacial score (nSPS) is 19.9. The highest BCUT2D eigenvalue weighted by molar-refractivity contribution is 14.1. The van der Waals surface area contributed by atoms with Gasteiger partial charge in [-0.3, -0.25) is 5.32 Å². The molecular formula is C11H10I2N2S. The first-order valence-corrected chi connectivity index (χ1v) is 7.04. The molecule has 0 radical (unpaired) electrons. The smallest absolute Gasteiger partial charge is 0.317 e. The highest BCUT2D eigenvalue weighted by atomic mass is 127. The Morgan fingerprint density at radius 3 is 3.00 bits per heavy atom. The van der Waals surface area contributed by atoms with Crippen molar-refractivity contribution in [3.8, 4) is 0 Å². The van der Waals surface area contributed by atoms with Crippen molar-refractivity contribution in [3.63, 3.8) is 0 Å². The summed E-state index contributed by atoms with van der Waals surface area (Å²) in [6, 6.07) is 8.59. The first-order chi connectivity index (χ1) is 7.40. The van der Waals surface area contributed by atoms with Crippen LogP contribution in [0.3, 0.4) is 0 Å². The van der Waals surface area contributed by atoms with E-state index >= 15 is 0 Å². The molecule has 1 aromatic rings. The molecule has 0 aliphatic carbocycles. The molecule has 0 amide bonds. The first-order valence-electron chi connectivity index (χ1n) is 4.81. The number of halogens is 2. The van der Waals surface area contributed by atoms with E-state index in [1.165, 1.54) is 22.1 Å². The minimum Gasteiger partial charge on any atom is -1.00 e. The summed E-state index contributed by atoms with van der Waals surface area (Å²) in [5, 5.41) is 4.74. The molecule has 0 saturated carbocycles. The van der Waals surface area contributed by atoms with Crippen LogP contribution in [0.2, 0.25) is 0 Å². The minimum atomic E-state index is 0. The highest BCUT2D eigenvalue weighted by Gasteiger charge is 2.32. The second-order valence-corrected chi connectivity index (χ2v) is 5.10. The molecule has 0 saturated heterocycles. The topological polar surface area (TPSA) is 15.0 Å². The van der Waals surface area contributed by atoms with Crippen molar-refractivity contribution in [1.29, 1.82) is 0 Å². The molecule has 0 unspecified atom stereocenters. The number of benzene rings is 1. The van der Waals surface area contributed by atoms with Gasteiger partial charge in [0.2, 0.25) is 0 Å². The third-order valence-corrected chi connectivity index (χ3v) is 4.39. The van der Waals surface area contributed by atoms with Crippen molar-refractivity contribution in [3.05, 3.63) is 39.6 Å². The van der Waals surface area contributed by atoms with Crippen molar-refractivity contribution in [2.75, 3.05) is 5.75 Å². The zero-order valence-corrected chi connectivity index (χ0v) is 13.5. The summed E-state index contributed by atoms with van der Waals surface area (Å²) in [5.74, 6) is 1.07. The van der Waals surface area contributed by atoms with Gasteiger partial charge in [0.05, 0.1) is 5.75 Å². The number of nitrogens with one attached hydrogen (secondary N) is 1. The Bertz CT molecular complexity index is 483. The average Bonchev–Trinajstić information content (AvgIpc) is 2.72. The summed E-state index contributed by atoms with van der Waals surface area (Å²) in [6.45, 7) is 0.948. The van der Waals surface area contributed by atoms with Crippen LogP contribution in [0.5, 0.6) is 0 Å². The molecule has 0 fully saturated rings. The molecule has 1 aromatic carbocycles. The number of hydrogen-bond donors (Lipinski definition) is 1. The molecule has 2 heterocycles. The van der Waals surface area contributed by atoms with Gasteiger partial charge >= 0.3 is 5.17 Å². The van der Waals surface area contributed by atoms with Crippen molar-refractivity contribution >= 4 is 45.2 Å². The van der Waals surface area contributed by atoms with Crippen LogP contribution < -0.4 is 29.3 Å². The number of thioether (sulfide) groups is 1. The number of nitrogens with zero attached hydrogens (tertiary/aromatic N) is 1. The van der Waals surface area contributed by atoms with E-state index in [1.54, 1.807) is 0 Å². The van der Waals surface area contributed by atoms with E-state index < -0.39 is 0 Å². The zero-order valence-electron chi connectivity index (χ0n) is 8.41. The maximum Gasteiger partial charge on any atom is 0.317 e. The van der Waals surface area contributed by atoms with Gasteiger partial charge in [0.1, 0.15) is 17.9 Å². The highest BCUT2D eigenvalue weighted by Crippen LogP contribution is 2.33. The molecule has 84 valence electrons. The fourth-order valence-electron chi connectivity index (χ4n) is 1.93. The molecule has 0 aromatic heterocycles. The van der Waals surface area contributed by atoms with Crippen LogP contribution in [0.4, 0.5) is 5.69 Å². The first kappa shape index (κ1) is 12.7. The molecule has 0 atom stereocenters. The number of amidine groups is 1. The molecule has 1 N–H and O–H groups in total.